The van der Waals surface area contributed by atoms with E-state index in [0.717, 1.165) is 10.5 Å². The molecular formula is C54H62FN9O13. The number of cyclic esters (lactones) is 1. The van der Waals surface area contributed by atoms with E-state index in [-0.39, 0.29) is 93.4 Å². The summed E-state index contributed by atoms with van der Waals surface area (Å²) in [6.07, 6.45) is 2.95. The molecule has 22 nitrogen and oxygen atoms in total. The number of carbonyl (C=O) groups is 8. The molecule has 2 aromatic carbocycles. The summed E-state index contributed by atoms with van der Waals surface area (Å²) in [4.78, 5) is 121. The van der Waals surface area contributed by atoms with Gasteiger partial charge in [-0.15, -0.1) is 0 Å². The van der Waals surface area contributed by atoms with Crippen molar-refractivity contribution < 1.29 is 62.4 Å². The maximum Gasteiger partial charge on any atom is 0.343 e. The number of pyridine rings is 2. The van der Waals surface area contributed by atoms with E-state index in [1.165, 1.54) is 22.8 Å². The predicted molar refractivity (Wildman–Crippen MR) is 273 cm³/mol. The molecule has 4 aliphatic rings. The molecule has 8 N–H and O–H groups in total. The van der Waals surface area contributed by atoms with E-state index in [0.29, 0.717) is 76.6 Å². The Morgan fingerprint density at radius 1 is 0.922 bits per heavy atom. The fourth-order valence-corrected chi connectivity index (χ4v) is 10.2. The van der Waals surface area contributed by atoms with Gasteiger partial charge in [-0.3, -0.25) is 48.6 Å². The van der Waals surface area contributed by atoms with Crippen LogP contribution in [0.25, 0.3) is 22.3 Å². The molecule has 0 spiro atoms. The lowest BCUT2D eigenvalue weighted by atomic mass is 9.81. The first-order chi connectivity index (χ1) is 36.9. The highest BCUT2D eigenvalue weighted by molar-refractivity contribution is 6.12. The van der Waals surface area contributed by atoms with Crippen LogP contribution in [0.5, 0.6) is 0 Å². The minimum atomic E-state index is -2.04. The highest BCUT2D eigenvalue weighted by Crippen LogP contribution is 2.46. The Morgan fingerprint density at radius 3 is 2.42 bits per heavy atom. The van der Waals surface area contributed by atoms with Crippen molar-refractivity contribution in [2.24, 2.45) is 0 Å². The van der Waals surface area contributed by atoms with Gasteiger partial charge in [0.1, 0.15) is 31.4 Å². The van der Waals surface area contributed by atoms with E-state index in [2.05, 4.69) is 31.9 Å². The third-order valence-electron chi connectivity index (χ3n) is 14.4. The molecule has 3 aliphatic heterocycles. The third-order valence-corrected chi connectivity index (χ3v) is 14.4. The van der Waals surface area contributed by atoms with Crippen LogP contribution >= 0.6 is 0 Å². The summed E-state index contributed by atoms with van der Waals surface area (Å²) in [7, 11) is 0. The number of hydrogen-bond acceptors (Lipinski definition) is 15. The highest BCUT2D eigenvalue weighted by atomic mass is 19.1. The summed E-state index contributed by atoms with van der Waals surface area (Å²) in [6, 6.07) is 10.1. The maximum atomic E-state index is 15.4. The van der Waals surface area contributed by atoms with E-state index in [9.17, 15) is 53.4 Å². The van der Waals surface area contributed by atoms with Crippen LogP contribution in [0.4, 0.5) is 4.39 Å². The fraction of sp³-hybridized carbons (Fsp3) is 0.444. The summed E-state index contributed by atoms with van der Waals surface area (Å²) in [6.45, 7) is 3.56. The van der Waals surface area contributed by atoms with Crippen LogP contribution in [-0.4, -0.2) is 123 Å². The van der Waals surface area contributed by atoms with Crippen molar-refractivity contribution in [3.63, 3.8) is 0 Å². The van der Waals surface area contributed by atoms with Gasteiger partial charge in [-0.1, -0.05) is 43.7 Å². The number of aliphatic hydroxyl groups is 2. The molecule has 1 unspecified atom stereocenters. The van der Waals surface area contributed by atoms with Gasteiger partial charge in [0.2, 0.25) is 29.5 Å². The summed E-state index contributed by atoms with van der Waals surface area (Å²) in [5, 5.41) is 38.4. The second-order valence-electron chi connectivity index (χ2n) is 19.6. The Balaban J connectivity index is 0.800. The lowest BCUT2D eigenvalue weighted by Crippen LogP contribution is -2.53. The molecule has 0 saturated heterocycles. The van der Waals surface area contributed by atoms with Crippen LogP contribution in [0, 0.1) is 12.7 Å². The zero-order valence-corrected chi connectivity index (χ0v) is 42.9. The Labute approximate surface area is 441 Å². The van der Waals surface area contributed by atoms with Crippen LogP contribution in [0.3, 0.4) is 0 Å². The number of rotatable bonds is 24. The van der Waals surface area contributed by atoms with Crippen molar-refractivity contribution in [1.29, 1.82) is 0 Å². The van der Waals surface area contributed by atoms with Crippen molar-refractivity contribution in [1.82, 2.24) is 46.4 Å². The van der Waals surface area contributed by atoms with Crippen LogP contribution in [0.1, 0.15) is 104 Å². The molecular weight excluding hydrogens is 1000 g/mol. The standard InChI is InChI=1S/C54H62FN9O13/c1-4-54(75)35-21-40-50-33(26-64(40)52(73)34(35)27-76-53(54)74)49-37(15-14-32-30(3)36(55)22-38(62-50)48(32)49)60-42(66)19-29(2)77-28-59-44(68)24-58-51(72)39(20-31-11-7-5-8-12-31)61-45(69)25-57-43(67)23-56-41(65)13-9-6-10-18-63-46(70)16-17-47(63)71/h5,7-8,11-12,16-17,21-22,29,37,39,43,57,67,75H,4,6,9-10,13-15,18-20,23-28H2,1-3H3,(H,56,65)(H,58,72)(H,59,68)(H,60,66)(H,61,69)/t29-,37+,39+,43?,54+/m1/s1. The van der Waals surface area contributed by atoms with Crippen molar-refractivity contribution in [2.75, 3.05) is 32.9 Å². The molecule has 1 aliphatic carbocycles. The summed E-state index contributed by atoms with van der Waals surface area (Å²) >= 11 is 0. The van der Waals surface area contributed by atoms with Crippen molar-refractivity contribution >= 4 is 58.2 Å². The Hall–Kier alpha value is -7.73. The number of nitrogens with zero attached hydrogens (tertiary/aromatic N) is 3. The van der Waals surface area contributed by atoms with E-state index in [1.54, 1.807) is 57.2 Å². The van der Waals surface area contributed by atoms with Crippen LogP contribution in [-0.2, 0) is 79.4 Å². The Kier molecular flexibility index (Phi) is 17.4. The van der Waals surface area contributed by atoms with Gasteiger partial charge in [-0.2, -0.15) is 0 Å². The summed E-state index contributed by atoms with van der Waals surface area (Å²) in [5.41, 5.74) is 2.11. The number of hydrogen-bond donors (Lipinski definition) is 8. The zero-order chi connectivity index (χ0) is 55.1. The average Bonchev–Trinajstić information content (AvgIpc) is 4.18. The van der Waals surface area contributed by atoms with E-state index in [1.807, 2.05) is 0 Å². The molecule has 0 saturated carbocycles. The smallest absolute Gasteiger partial charge is 0.343 e. The van der Waals surface area contributed by atoms with Gasteiger partial charge in [-0.05, 0) is 74.3 Å². The number of ether oxygens (including phenoxy) is 2. The third kappa shape index (κ3) is 12.4. The molecule has 2 aromatic heterocycles. The zero-order valence-electron chi connectivity index (χ0n) is 42.9. The van der Waals surface area contributed by atoms with Gasteiger partial charge in [0.15, 0.2) is 5.60 Å². The van der Waals surface area contributed by atoms with Crippen molar-refractivity contribution in [3.8, 4) is 11.4 Å². The van der Waals surface area contributed by atoms with Gasteiger partial charge in [0, 0.05) is 54.1 Å². The Bertz CT molecular complexity index is 3090. The van der Waals surface area contributed by atoms with Gasteiger partial charge in [0.25, 0.3) is 17.4 Å². The summed E-state index contributed by atoms with van der Waals surface area (Å²) in [5.74, 6) is -4.69. The van der Waals surface area contributed by atoms with Crippen LogP contribution in [0.15, 0.2) is 59.4 Å². The molecule has 0 radical (unpaired) electrons. The number of esters is 1. The number of carbonyl (C=O) groups excluding carboxylic acids is 8. The average molecular weight is 1060 g/mol. The number of amides is 7. The monoisotopic (exact) mass is 1060 g/mol. The van der Waals surface area contributed by atoms with Crippen LogP contribution in [0.2, 0.25) is 0 Å². The van der Waals surface area contributed by atoms with Gasteiger partial charge in [0.05, 0.1) is 67.2 Å². The van der Waals surface area contributed by atoms with E-state index in [4.69, 9.17) is 14.5 Å². The van der Waals surface area contributed by atoms with Gasteiger partial charge >= 0.3 is 5.97 Å². The quantitative estimate of drug-likeness (QED) is 0.0184. The fourth-order valence-electron chi connectivity index (χ4n) is 10.2. The number of benzene rings is 2. The molecule has 0 bridgehead atoms. The number of nitrogens with one attached hydrogen (secondary N) is 6. The first-order valence-electron chi connectivity index (χ1n) is 25.7. The maximum absolute atomic E-state index is 15.4. The largest absolute Gasteiger partial charge is 0.458 e. The topological polar surface area (TPSA) is 306 Å². The Morgan fingerprint density at radius 2 is 1.68 bits per heavy atom. The first-order valence-corrected chi connectivity index (χ1v) is 25.7. The molecule has 5 heterocycles. The molecule has 5 atom stereocenters. The van der Waals surface area contributed by atoms with E-state index < -0.39 is 78.2 Å². The molecule has 408 valence electrons. The van der Waals surface area contributed by atoms with Crippen LogP contribution < -0.4 is 37.5 Å². The molecule has 77 heavy (non-hydrogen) atoms. The lowest BCUT2D eigenvalue weighted by Gasteiger charge is -2.31. The number of aryl methyl sites for hydroxylation is 1. The molecule has 23 heteroatoms. The first kappa shape index (κ1) is 55.5. The molecule has 0 fully saturated rings. The number of fused-ring (bicyclic) bond motifs is 5. The normalized spacial score (nSPS) is 18.2. The number of imide groups is 1. The van der Waals surface area contributed by atoms with Gasteiger partial charge in [-0.25, -0.2) is 14.2 Å². The molecule has 8 rings (SSSR count). The lowest BCUT2D eigenvalue weighted by molar-refractivity contribution is -0.172. The van der Waals surface area contributed by atoms with E-state index >= 15 is 4.39 Å². The highest BCUT2D eigenvalue weighted by Gasteiger charge is 2.46. The minimum absolute atomic E-state index is 0.0408. The predicted octanol–water partition coefficient (Wildman–Crippen LogP) is 0.853. The SMILES string of the molecule is CC[C@@]1(O)C(=O)OCc2c1cc1n(c2=O)Cc2c-1nc1cc(F)c(C)c3c1c2[C@@H](NC(=O)C[C@@H](C)OCNC(=O)CNC(=O)[C@H](Cc1ccccc1)NC(=O)CNC(O)CNC(=O)CCCCCN1C(=O)C=CC1=O)CC3. The van der Waals surface area contributed by atoms with Crippen molar-refractivity contribution in [2.45, 2.75) is 122 Å². The number of aliphatic hydroxyl groups excluding tert-OH is 1. The van der Waals surface area contributed by atoms with Gasteiger partial charge < -0.3 is 50.8 Å². The second kappa shape index (κ2) is 24.1. The molecule has 7 amide bonds. The molecule has 4 aromatic rings. The summed E-state index contributed by atoms with van der Waals surface area (Å²) < 4.78 is 27.9. The minimum Gasteiger partial charge on any atom is -0.458 e. The number of unbranched alkanes of at least 4 members (excludes halogenated alkanes) is 2. The number of aromatic nitrogens is 2. The number of halogens is 1. The second-order valence-corrected chi connectivity index (χ2v) is 19.6. The van der Waals surface area contributed by atoms with Crippen molar-refractivity contribution in [3.05, 3.63) is 110 Å².